The van der Waals surface area contributed by atoms with Gasteiger partial charge in [0.15, 0.2) is 0 Å². The van der Waals surface area contributed by atoms with Gasteiger partial charge in [0.05, 0.1) is 16.6 Å². The number of hydrogen-bond donors (Lipinski definition) is 1. The summed E-state index contributed by atoms with van der Waals surface area (Å²) in [6.45, 7) is 1.67. The molecule has 0 aliphatic heterocycles. The number of thiazole rings is 1. The number of nitrogens with zero attached hydrogens (tertiary/aromatic N) is 2. The maximum atomic E-state index is 10.5. The second kappa shape index (κ2) is 8.64. The number of hydrogen-bond acceptors (Lipinski definition) is 6. The Bertz CT molecular complexity index is 830. The first-order chi connectivity index (χ1) is 12.6. The molecule has 1 aromatic heterocycles. The van der Waals surface area contributed by atoms with Gasteiger partial charge in [-0.05, 0) is 43.4 Å². The third-order valence-corrected chi connectivity index (χ3v) is 4.67. The van der Waals surface area contributed by atoms with Crippen LogP contribution >= 0.6 is 11.3 Å². The van der Waals surface area contributed by atoms with E-state index in [-0.39, 0.29) is 6.42 Å². The summed E-state index contributed by atoms with van der Waals surface area (Å²) in [6, 6.07) is 15.3. The van der Waals surface area contributed by atoms with E-state index in [2.05, 4.69) is 4.98 Å². The van der Waals surface area contributed by atoms with Crippen LogP contribution in [0.4, 0.5) is 0 Å². The van der Waals surface area contributed by atoms with Gasteiger partial charge in [-0.2, -0.15) is 0 Å². The van der Waals surface area contributed by atoms with Crippen LogP contribution in [0.5, 0.6) is 16.7 Å². The van der Waals surface area contributed by atoms with Crippen LogP contribution in [0.3, 0.4) is 0 Å². The number of ether oxygens (including phenoxy) is 2. The van der Waals surface area contributed by atoms with Crippen molar-refractivity contribution in [2.75, 3.05) is 26.7 Å². The maximum Gasteiger partial charge on any atom is 0.304 e. The van der Waals surface area contributed by atoms with Crippen LogP contribution in [0.2, 0.25) is 0 Å². The van der Waals surface area contributed by atoms with Crippen molar-refractivity contribution < 1.29 is 19.4 Å². The summed E-state index contributed by atoms with van der Waals surface area (Å²) in [6.07, 6.45) is 0.133. The van der Waals surface area contributed by atoms with Crippen LogP contribution in [-0.2, 0) is 4.79 Å². The highest BCUT2D eigenvalue weighted by molar-refractivity contribution is 7.20. The van der Waals surface area contributed by atoms with Crippen LogP contribution in [0.15, 0.2) is 48.5 Å². The van der Waals surface area contributed by atoms with E-state index < -0.39 is 5.97 Å². The molecule has 26 heavy (non-hydrogen) atoms. The lowest BCUT2D eigenvalue weighted by Crippen LogP contribution is -2.26. The van der Waals surface area contributed by atoms with Crippen molar-refractivity contribution in [2.45, 2.75) is 6.42 Å². The van der Waals surface area contributed by atoms with Crippen LogP contribution in [-0.4, -0.2) is 47.7 Å². The Morgan fingerprint density at radius 1 is 1.12 bits per heavy atom. The summed E-state index contributed by atoms with van der Waals surface area (Å²) in [5.74, 6) is 0.657. The highest BCUT2D eigenvalue weighted by Gasteiger charge is 2.06. The van der Waals surface area contributed by atoms with E-state index in [1.54, 1.807) is 0 Å². The number of fused-ring (bicyclic) bond motifs is 1. The van der Waals surface area contributed by atoms with Crippen molar-refractivity contribution in [3.63, 3.8) is 0 Å². The molecule has 0 aliphatic rings. The summed E-state index contributed by atoms with van der Waals surface area (Å²) in [5, 5.41) is 9.28. The van der Waals surface area contributed by atoms with E-state index in [0.29, 0.717) is 30.6 Å². The third kappa shape index (κ3) is 5.18. The zero-order chi connectivity index (χ0) is 18.4. The van der Waals surface area contributed by atoms with Crippen LogP contribution in [0.25, 0.3) is 10.2 Å². The highest BCUT2D eigenvalue weighted by Crippen LogP contribution is 2.31. The van der Waals surface area contributed by atoms with Crippen LogP contribution in [0, 0.1) is 0 Å². The quantitative estimate of drug-likeness (QED) is 0.615. The molecule has 0 bridgehead atoms. The number of benzene rings is 2. The van der Waals surface area contributed by atoms with E-state index in [1.807, 2.05) is 60.5 Å². The Kier molecular flexibility index (Phi) is 6.04. The summed E-state index contributed by atoms with van der Waals surface area (Å²) in [5.41, 5.74) is 0.930. The van der Waals surface area contributed by atoms with Gasteiger partial charge >= 0.3 is 5.97 Å². The van der Waals surface area contributed by atoms with Crippen molar-refractivity contribution >= 4 is 27.5 Å². The Hall–Kier alpha value is -2.64. The minimum absolute atomic E-state index is 0.133. The van der Waals surface area contributed by atoms with E-state index in [9.17, 15) is 4.79 Å². The molecule has 136 valence electrons. The summed E-state index contributed by atoms with van der Waals surface area (Å²) in [4.78, 5) is 16.9. The highest BCUT2D eigenvalue weighted by atomic mass is 32.1. The number of likely N-dealkylation sites (N-methyl/N-ethyl adjacent to an activating group) is 1. The molecule has 7 heteroatoms. The molecule has 0 radical (unpaired) electrons. The smallest absolute Gasteiger partial charge is 0.304 e. The summed E-state index contributed by atoms with van der Waals surface area (Å²) in [7, 11) is 1.88. The largest absolute Gasteiger partial charge is 0.492 e. The first-order valence-electron chi connectivity index (χ1n) is 8.27. The van der Waals surface area contributed by atoms with Crippen LogP contribution in [0.1, 0.15) is 6.42 Å². The van der Waals surface area contributed by atoms with E-state index >= 15 is 0 Å². The first kappa shape index (κ1) is 18.2. The zero-order valence-corrected chi connectivity index (χ0v) is 15.2. The van der Waals surface area contributed by atoms with Gasteiger partial charge in [0.1, 0.15) is 18.1 Å². The molecule has 0 atom stereocenters. The van der Waals surface area contributed by atoms with Gasteiger partial charge in [0.2, 0.25) is 0 Å². The van der Waals surface area contributed by atoms with Gasteiger partial charge < -0.3 is 19.5 Å². The molecular formula is C19H20N2O4S. The second-order valence-corrected chi connectivity index (χ2v) is 6.81. The van der Waals surface area contributed by atoms with E-state index in [1.165, 1.54) is 11.3 Å². The Labute approximate surface area is 155 Å². The fourth-order valence-corrected chi connectivity index (χ4v) is 3.15. The standard InChI is InChI=1S/C19H20N2O4S/c1-21(11-10-18(22)23)12-13-24-14-6-8-15(9-7-14)25-19-20-16-4-2-3-5-17(16)26-19/h2-9H,10-13H2,1H3,(H,22,23). The molecule has 1 N–H and O–H groups in total. The number of para-hydroxylation sites is 1. The molecule has 0 saturated heterocycles. The van der Waals surface area contributed by atoms with Gasteiger partial charge in [-0.15, -0.1) is 0 Å². The fourth-order valence-electron chi connectivity index (χ4n) is 2.32. The molecule has 2 aromatic carbocycles. The molecule has 0 aliphatic carbocycles. The van der Waals surface area contributed by atoms with Gasteiger partial charge in [-0.25, -0.2) is 4.98 Å². The molecule has 0 saturated carbocycles. The lowest BCUT2D eigenvalue weighted by molar-refractivity contribution is -0.137. The fraction of sp³-hybridized carbons (Fsp3) is 0.263. The Morgan fingerprint density at radius 2 is 1.85 bits per heavy atom. The topological polar surface area (TPSA) is 71.9 Å². The lowest BCUT2D eigenvalue weighted by Gasteiger charge is -2.15. The molecule has 3 rings (SSSR count). The Morgan fingerprint density at radius 3 is 2.58 bits per heavy atom. The number of carboxylic acids is 1. The number of carbonyl (C=O) groups is 1. The first-order valence-corrected chi connectivity index (χ1v) is 9.08. The monoisotopic (exact) mass is 372 g/mol. The molecule has 6 nitrogen and oxygen atoms in total. The molecule has 0 fully saturated rings. The average Bonchev–Trinajstić information content (AvgIpc) is 3.03. The maximum absolute atomic E-state index is 10.5. The summed E-state index contributed by atoms with van der Waals surface area (Å²) >= 11 is 1.51. The van der Waals surface area contributed by atoms with Crippen molar-refractivity contribution in [2.24, 2.45) is 0 Å². The normalized spacial score (nSPS) is 11.0. The summed E-state index contributed by atoms with van der Waals surface area (Å²) < 4.78 is 12.6. The lowest BCUT2D eigenvalue weighted by atomic mass is 10.3. The van der Waals surface area contributed by atoms with Gasteiger partial charge in [0, 0.05) is 13.1 Å². The van der Waals surface area contributed by atoms with Gasteiger partial charge in [-0.3, -0.25) is 4.79 Å². The molecule has 0 spiro atoms. The predicted molar refractivity (Wildman–Crippen MR) is 101 cm³/mol. The number of carboxylic acid groups (broad SMARTS) is 1. The van der Waals surface area contributed by atoms with E-state index in [0.717, 1.165) is 16.0 Å². The minimum atomic E-state index is -0.790. The van der Waals surface area contributed by atoms with Crippen molar-refractivity contribution in [3.05, 3.63) is 48.5 Å². The minimum Gasteiger partial charge on any atom is -0.492 e. The van der Waals surface area contributed by atoms with Crippen molar-refractivity contribution in [3.8, 4) is 16.7 Å². The van der Waals surface area contributed by atoms with E-state index in [4.69, 9.17) is 14.6 Å². The molecular weight excluding hydrogens is 352 g/mol. The molecule has 1 heterocycles. The third-order valence-electron chi connectivity index (χ3n) is 3.75. The van der Waals surface area contributed by atoms with Gasteiger partial charge in [-0.1, -0.05) is 23.5 Å². The average molecular weight is 372 g/mol. The molecule has 3 aromatic rings. The van der Waals surface area contributed by atoms with Crippen molar-refractivity contribution in [1.29, 1.82) is 0 Å². The number of rotatable bonds is 9. The van der Waals surface area contributed by atoms with Gasteiger partial charge in [0.25, 0.3) is 5.19 Å². The van der Waals surface area contributed by atoms with Crippen LogP contribution < -0.4 is 9.47 Å². The van der Waals surface area contributed by atoms with Crippen molar-refractivity contribution in [1.82, 2.24) is 9.88 Å². The number of aromatic nitrogens is 1. The predicted octanol–water partition coefficient (Wildman–Crippen LogP) is 3.87. The molecule has 0 unspecified atom stereocenters. The second-order valence-electron chi connectivity index (χ2n) is 5.82. The molecule has 0 amide bonds. The zero-order valence-electron chi connectivity index (χ0n) is 14.4. The SMILES string of the molecule is CN(CCOc1ccc(Oc2nc3ccccc3s2)cc1)CCC(=O)O. The Balaban J connectivity index is 1.48. The number of aliphatic carboxylic acids is 1.